The van der Waals surface area contributed by atoms with Crippen LogP contribution in [0.25, 0.3) is 16.7 Å². The average molecular weight is 382 g/mol. The Hall–Kier alpha value is -2.44. The summed E-state index contributed by atoms with van der Waals surface area (Å²) in [6.45, 7) is 2.60. The van der Waals surface area contributed by atoms with Crippen LogP contribution in [0.5, 0.6) is 0 Å². The zero-order valence-corrected chi connectivity index (χ0v) is 16.5. The van der Waals surface area contributed by atoms with Crippen LogP contribution in [0.1, 0.15) is 18.4 Å². The summed E-state index contributed by atoms with van der Waals surface area (Å²) >= 11 is 0. The number of likely N-dealkylation sites (tertiary alicyclic amines) is 1. The van der Waals surface area contributed by atoms with Crippen molar-refractivity contribution in [2.75, 3.05) is 38.8 Å². The minimum Gasteiger partial charge on any atom is -0.378 e. The Morgan fingerprint density at radius 1 is 1.14 bits per heavy atom. The summed E-state index contributed by atoms with van der Waals surface area (Å²) < 4.78 is 21.1. The number of nitrogens with zero attached hydrogens (tertiary/aromatic N) is 4. The molecule has 0 radical (unpaired) electrons. The number of fused-ring (bicyclic) bond motifs is 1. The zero-order valence-electron chi connectivity index (χ0n) is 16.5. The third kappa shape index (κ3) is 4.18. The lowest BCUT2D eigenvalue weighted by atomic mass is 10.1. The van der Waals surface area contributed by atoms with Gasteiger partial charge in [-0.1, -0.05) is 0 Å². The molecule has 0 unspecified atom stereocenters. The van der Waals surface area contributed by atoms with Crippen LogP contribution in [0.4, 0.5) is 10.1 Å². The average Bonchev–Trinajstić information content (AvgIpc) is 3.13. The number of alkyl halides is 1. The topological polar surface area (TPSA) is 33.5 Å². The van der Waals surface area contributed by atoms with Crippen LogP contribution in [0.15, 0.2) is 48.8 Å². The molecular formula is C22H27FN4O. The van der Waals surface area contributed by atoms with Crippen LogP contribution in [-0.2, 0) is 11.3 Å². The van der Waals surface area contributed by atoms with E-state index in [0.717, 1.165) is 35.4 Å². The summed E-state index contributed by atoms with van der Waals surface area (Å²) in [6, 6.07) is 12.6. The second kappa shape index (κ2) is 8.29. The summed E-state index contributed by atoms with van der Waals surface area (Å²) in [7, 11) is 4.07. The molecule has 0 spiro atoms. The van der Waals surface area contributed by atoms with E-state index in [1.165, 1.54) is 5.69 Å². The lowest BCUT2D eigenvalue weighted by Crippen LogP contribution is -2.35. The highest BCUT2D eigenvalue weighted by Gasteiger charge is 2.18. The predicted octanol–water partition coefficient (Wildman–Crippen LogP) is 4.00. The number of hydrogen-bond donors (Lipinski definition) is 0. The molecule has 0 saturated carbocycles. The minimum atomic E-state index is -0.647. The molecule has 1 aromatic carbocycles. The first kappa shape index (κ1) is 18.9. The Balaban J connectivity index is 1.41. The van der Waals surface area contributed by atoms with Crippen LogP contribution in [0.3, 0.4) is 0 Å². The van der Waals surface area contributed by atoms with Crippen molar-refractivity contribution in [3.8, 4) is 5.69 Å². The molecule has 1 saturated heterocycles. The highest BCUT2D eigenvalue weighted by Crippen LogP contribution is 2.22. The molecule has 6 heteroatoms. The molecule has 0 atom stereocenters. The fraction of sp³-hybridized carbons (Fsp3) is 0.409. The SMILES string of the molecule is CN(C)c1ccc(-n2ccc3cc(COCN4CCC(F)CC4)cnc32)cc1. The van der Waals surface area contributed by atoms with Crippen LogP contribution in [0, 0.1) is 0 Å². The molecule has 0 N–H and O–H groups in total. The molecule has 4 rings (SSSR count). The first-order chi connectivity index (χ1) is 13.6. The van der Waals surface area contributed by atoms with Gasteiger partial charge in [0.1, 0.15) is 11.8 Å². The van der Waals surface area contributed by atoms with Gasteiger partial charge < -0.3 is 14.2 Å². The van der Waals surface area contributed by atoms with Crippen LogP contribution in [-0.4, -0.2) is 54.5 Å². The Bertz CT molecular complexity index is 914. The highest BCUT2D eigenvalue weighted by molar-refractivity contribution is 5.78. The van der Waals surface area contributed by atoms with E-state index in [4.69, 9.17) is 4.74 Å². The van der Waals surface area contributed by atoms with Crippen LogP contribution in [0.2, 0.25) is 0 Å². The van der Waals surface area contributed by atoms with E-state index in [1.54, 1.807) is 0 Å². The molecule has 1 aliphatic heterocycles. The van der Waals surface area contributed by atoms with E-state index in [0.29, 0.717) is 26.2 Å². The normalized spacial score (nSPS) is 16.0. The van der Waals surface area contributed by atoms with Crippen molar-refractivity contribution < 1.29 is 9.13 Å². The number of hydrogen-bond acceptors (Lipinski definition) is 4. The van der Waals surface area contributed by atoms with Crippen LogP contribution >= 0.6 is 0 Å². The minimum absolute atomic E-state index is 0.515. The third-order valence-corrected chi connectivity index (χ3v) is 5.29. The van der Waals surface area contributed by atoms with E-state index in [1.807, 2.05) is 26.5 Å². The highest BCUT2D eigenvalue weighted by atomic mass is 19.1. The van der Waals surface area contributed by atoms with E-state index >= 15 is 0 Å². The Morgan fingerprint density at radius 3 is 2.61 bits per heavy atom. The molecule has 2 aromatic heterocycles. The van der Waals surface area contributed by atoms with Gasteiger partial charge >= 0.3 is 0 Å². The lowest BCUT2D eigenvalue weighted by Gasteiger charge is -2.28. The second-order valence-corrected chi connectivity index (χ2v) is 7.62. The fourth-order valence-corrected chi connectivity index (χ4v) is 3.59. The number of pyridine rings is 1. The van der Waals surface area contributed by atoms with Crippen LogP contribution < -0.4 is 4.90 Å². The van der Waals surface area contributed by atoms with Crippen molar-refractivity contribution >= 4 is 16.7 Å². The number of aromatic nitrogens is 2. The molecule has 148 valence electrons. The van der Waals surface area contributed by atoms with Gasteiger partial charge in [0.2, 0.25) is 0 Å². The maximum absolute atomic E-state index is 13.2. The predicted molar refractivity (Wildman–Crippen MR) is 111 cm³/mol. The smallest absolute Gasteiger partial charge is 0.144 e. The van der Waals surface area contributed by atoms with E-state index in [-0.39, 0.29) is 0 Å². The van der Waals surface area contributed by atoms with Crippen molar-refractivity contribution in [2.24, 2.45) is 0 Å². The van der Waals surface area contributed by atoms with Gasteiger partial charge in [-0.25, -0.2) is 9.37 Å². The standard InChI is InChI=1S/C22H27FN4O/c1-25(2)20-3-5-21(6-4-20)27-12-7-18-13-17(14-24-22(18)27)15-28-16-26-10-8-19(23)9-11-26/h3-7,12-14,19H,8-11,15-16H2,1-2H3. The van der Waals surface area contributed by atoms with Crippen molar-refractivity contribution in [3.05, 3.63) is 54.4 Å². The number of anilines is 1. The zero-order chi connectivity index (χ0) is 19.5. The number of ether oxygens (including phenoxy) is 1. The summed E-state index contributed by atoms with van der Waals surface area (Å²) in [5.41, 5.74) is 4.25. The Kier molecular flexibility index (Phi) is 5.59. The molecule has 28 heavy (non-hydrogen) atoms. The molecular weight excluding hydrogens is 355 g/mol. The van der Waals surface area contributed by atoms with Crippen molar-refractivity contribution in [1.29, 1.82) is 0 Å². The quantitative estimate of drug-likeness (QED) is 0.645. The molecule has 3 heterocycles. The number of halogens is 1. The number of rotatable bonds is 6. The van der Waals surface area contributed by atoms with Gasteiger partial charge in [0.05, 0.1) is 13.3 Å². The van der Waals surface area contributed by atoms with Gasteiger partial charge in [0, 0.05) is 56.3 Å². The first-order valence-corrected chi connectivity index (χ1v) is 9.78. The van der Waals surface area contributed by atoms with E-state index in [9.17, 15) is 4.39 Å². The molecule has 3 aromatic rings. The lowest BCUT2D eigenvalue weighted by molar-refractivity contribution is -0.00128. The Labute approximate surface area is 165 Å². The maximum Gasteiger partial charge on any atom is 0.144 e. The summed E-state index contributed by atoms with van der Waals surface area (Å²) in [5, 5.41) is 1.09. The molecule has 5 nitrogen and oxygen atoms in total. The van der Waals surface area contributed by atoms with Gasteiger partial charge in [0.25, 0.3) is 0 Å². The number of benzene rings is 1. The van der Waals surface area contributed by atoms with Gasteiger partial charge in [-0.2, -0.15) is 0 Å². The summed E-state index contributed by atoms with van der Waals surface area (Å²) in [5.74, 6) is 0. The molecule has 1 aliphatic rings. The number of piperidine rings is 1. The molecule has 1 fully saturated rings. The largest absolute Gasteiger partial charge is 0.378 e. The Morgan fingerprint density at radius 2 is 1.89 bits per heavy atom. The maximum atomic E-state index is 13.2. The monoisotopic (exact) mass is 382 g/mol. The van der Waals surface area contributed by atoms with Gasteiger partial charge in [0.15, 0.2) is 0 Å². The molecule has 0 bridgehead atoms. The second-order valence-electron chi connectivity index (χ2n) is 7.62. The first-order valence-electron chi connectivity index (χ1n) is 9.78. The van der Waals surface area contributed by atoms with Gasteiger partial charge in [-0.05, 0) is 54.8 Å². The van der Waals surface area contributed by atoms with Crippen molar-refractivity contribution in [3.63, 3.8) is 0 Å². The summed E-state index contributed by atoms with van der Waals surface area (Å²) in [6.07, 6.45) is 4.50. The fourth-order valence-electron chi connectivity index (χ4n) is 3.59. The van der Waals surface area contributed by atoms with Gasteiger partial charge in [-0.15, -0.1) is 0 Å². The van der Waals surface area contributed by atoms with Crippen molar-refractivity contribution in [2.45, 2.75) is 25.6 Å². The molecule has 0 aliphatic carbocycles. The van der Waals surface area contributed by atoms with Gasteiger partial charge in [-0.3, -0.25) is 4.90 Å². The van der Waals surface area contributed by atoms with Crippen molar-refractivity contribution in [1.82, 2.24) is 14.5 Å². The van der Waals surface area contributed by atoms with E-state index in [2.05, 4.69) is 55.7 Å². The van der Waals surface area contributed by atoms with E-state index < -0.39 is 6.17 Å². The summed E-state index contributed by atoms with van der Waals surface area (Å²) in [4.78, 5) is 8.91. The molecule has 0 amide bonds. The third-order valence-electron chi connectivity index (χ3n) is 5.29.